The van der Waals surface area contributed by atoms with Crippen LogP contribution in [-0.2, 0) is 4.84 Å². The van der Waals surface area contributed by atoms with Gasteiger partial charge in [-0.15, -0.1) is 5.10 Å². The van der Waals surface area contributed by atoms with Crippen LogP contribution >= 0.6 is 0 Å². The Morgan fingerprint density at radius 2 is 1.56 bits per heavy atom. The van der Waals surface area contributed by atoms with E-state index in [9.17, 15) is 14.4 Å². The Labute approximate surface area is 153 Å². The minimum absolute atomic E-state index is 0.120. The summed E-state index contributed by atoms with van der Waals surface area (Å²) in [5.74, 6) is -2.32. The molecule has 0 aliphatic carbocycles. The summed E-state index contributed by atoms with van der Waals surface area (Å²) in [6.07, 6.45) is 1.22. The van der Waals surface area contributed by atoms with Crippen LogP contribution < -0.4 is 0 Å². The third-order valence-corrected chi connectivity index (χ3v) is 4.07. The lowest BCUT2D eigenvalue weighted by Gasteiger charge is -2.11. The lowest BCUT2D eigenvalue weighted by Crippen LogP contribution is -2.32. The maximum Gasteiger partial charge on any atom is 0.385 e. The Morgan fingerprint density at radius 1 is 0.963 bits per heavy atom. The van der Waals surface area contributed by atoms with E-state index in [1.165, 1.54) is 23.1 Å². The number of amides is 2. The Morgan fingerprint density at radius 3 is 2.15 bits per heavy atom. The van der Waals surface area contributed by atoms with E-state index in [1.807, 2.05) is 32.0 Å². The van der Waals surface area contributed by atoms with Gasteiger partial charge in [0.05, 0.1) is 23.0 Å². The molecule has 0 spiro atoms. The molecule has 2 aromatic carbocycles. The molecule has 8 nitrogen and oxygen atoms in total. The first-order chi connectivity index (χ1) is 12.9. The van der Waals surface area contributed by atoms with Gasteiger partial charge in [0.1, 0.15) is 0 Å². The number of aryl methyl sites for hydroxylation is 2. The maximum absolute atomic E-state index is 12.3. The molecule has 134 valence electrons. The van der Waals surface area contributed by atoms with E-state index in [0.717, 1.165) is 11.1 Å². The third-order valence-electron chi connectivity index (χ3n) is 4.07. The first kappa shape index (κ1) is 16.6. The molecular weight excluding hydrogens is 348 g/mol. The smallest absolute Gasteiger partial charge is 0.322 e. The highest BCUT2D eigenvalue weighted by Gasteiger charge is 2.39. The number of carbonyl (C=O) groups excluding carboxylic acids is 3. The van der Waals surface area contributed by atoms with E-state index in [1.54, 1.807) is 12.1 Å². The lowest BCUT2D eigenvalue weighted by atomic mass is 10.1. The number of carbonyl (C=O) groups is 3. The number of hydroxylamine groups is 2. The van der Waals surface area contributed by atoms with Gasteiger partial charge >= 0.3 is 5.97 Å². The Bertz CT molecular complexity index is 1050. The average Bonchev–Trinajstić information content (AvgIpc) is 3.22. The van der Waals surface area contributed by atoms with E-state index in [-0.39, 0.29) is 16.8 Å². The quantitative estimate of drug-likeness (QED) is 0.663. The summed E-state index contributed by atoms with van der Waals surface area (Å²) in [6.45, 7) is 3.88. The van der Waals surface area contributed by atoms with Crippen molar-refractivity contribution in [2.45, 2.75) is 13.8 Å². The van der Waals surface area contributed by atoms with E-state index in [4.69, 9.17) is 4.84 Å². The number of rotatable bonds is 3. The molecule has 27 heavy (non-hydrogen) atoms. The molecule has 0 fully saturated rings. The molecule has 8 heteroatoms. The monoisotopic (exact) mass is 362 g/mol. The number of aromatic nitrogens is 3. The summed E-state index contributed by atoms with van der Waals surface area (Å²) in [7, 11) is 0. The standard InChI is InChI=1S/C19H14N4O4/c1-11-7-12(2)9-13(8-11)23-20-10-16(21-23)19(26)27-22-17(24)14-5-3-4-6-15(14)18(22)25/h3-10H,1-2H3. The third kappa shape index (κ3) is 2.86. The van der Waals surface area contributed by atoms with Crippen molar-refractivity contribution in [3.63, 3.8) is 0 Å². The van der Waals surface area contributed by atoms with Crippen LogP contribution in [-0.4, -0.2) is 37.8 Å². The molecule has 0 saturated carbocycles. The first-order valence-corrected chi connectivity index (χ1v) is 8.15. The minimum Gasteiger partial charge on any atom is -0.322 e. The number of nitrogens with zero attached hydrogens (tertiary/aromatic N) is 4. The average molecular weight is 362 g/mol. The van der Waals surface area contributed by atoms with Crippen molar-refractivity contribution in [3.8, 4) is 5.69 Å². The van der Waals surface area contributed by atoms with Crippen LogP contribution in [0.25, 0.3) is 5.69 Å². The van der Waals surface area contributed by atoms with E-state index in [0.29, 0.717) is 10.8 Å². The van der Waals surface area contributed by atoms with Gasteiger partial charge < -0.3 is 4.84 Å². The molecule has 0 bridgehead atoms. The topological polar surface area (TPSA) is 94.4 Å². The fourth-order valence-corrected chi connectivity index (χ4v) is 2.93. The number of benzene rings is 2. The molecule has 2 amide bonds. The molecule has 4 rings (SSSR count). The van der Waals surface area contributed by atoms with Gasteiger partial charge in [0.15, 0.2) is 5.69 Å². The van der Waals surface area contributed by atoms with Crippen LogP contribution in [0.3, 0.4) is 0 Å². The molecule has 0 atom stereocenters. The highest BCUT2D eigenvalue weighted by molar-refractivity contribution is 6.21. The maximum atomic E-state index is 12.3. The van der Waals surface area contributed by atoms with Gasteiger partial charge in [-0.05, 0) is 49.2 Å². The summed E-state index contributed by atoms with van der Waals surface area (Å²) in [4.78, 5) is 43.1. The molecule has 1 aliphatic rings. The Balaban J connectivity index is 1.56. The summed E-state index contributed by atoms with van der Waals surface area (Å²) in [6, 6.07) is 12.0. The lowest BCUT2D eigenvalue weighted by molar-refractivity contribution is -0.0588. The molecule has 1 aliphatic heterocycles. The molecule has 3 aromatic rings. The zero-order valence-electron chi connectivity index (χ0n) is 14.5. The summed E-state index contributed by atoms with van der Waals surface area (Å²) in [5.41, 5.74) is 3.00. The predicted molar refractivity (Wildman–Crippen MR) is 93.2 cm³/mol. The molecular formula is C19H14N4O4. The van der Waals surface area contributed by atoms with Gasteiger partial charge in [-0.3, -0.25) is 9.59 Å². The fourth-order valence-electron chi connectivity index (χ4n) is 2.93. The second-order valence-corrected chi connectivity index (χ2v) is 6.19. The molecule has 1 aromatic heterocycles. The van der Waals surface area contributed by atoms with Gasteiger partial charge in [-0.2, -0.15) is 9.90 Å². The van der Waals surface area contributed by atoms with Crippen molar-refractivity contribution in [1.82, 2.24) is 20.1 Å². The van der Waals surface area contributed by atoms with Crippen molar-refractivity contribution in [2.75, 3.05) is 0 Å². The van der Waals surface area contributed by atoms with Gasteiger partial charge in [-0.1, -0.05) is 23.3 Å². The predicted octanol–water partition coefficient (Wildman–Crippen LogP) is 2.25. The van der Waals surface area contributed by atoms with Crippen LogP contribution in [0.1, 0.15) is 42.3 Å². The van der Waals surface area contributed by atoms with E-state index < -0.39 is 17.8 Å². The van der Waals surface area contributed by atoms with Crippen molar-refractivity contribution < 1.29 is 19.2 Å². The SMILES string of the molecule is Cc1cc(C)cc(-n2ncc(C(=O)ON3C(=O)c4ccccc4C3=O)n2)c1. The van der Waals surface area contributed by atoms with Crippen molar-refractivity contribution in [3.05, 3.63) is 76.6 Å². The second-order valence-electron chi connectivity index (χ2n) is 6.19. The van der Waals surface area contributed by atoms with E-state index >= 15 is 0 Å². The largest absolute Gasteiger partial charge is 0.385 e. The van der Waals surface area contributed by atoms with Crippen LogP contribution in [0, 0.1) is 13.8 Å². The normalized spacial score (nSPS) is 13.0. The Hall–Kier alpha value is -3.81. The summed E-state index contributed by atoms with van der Waals surface area (Å²) < 4.78 is 0. The number of hydrogen-bond donors (Lipinski definition) is 0. The fraction of sp³-hybridized carbons (Fsp3) is 0.105. The number of hydrogen-bond acceptors (Lipinski definition) is 6. The zero-order valence-corrected chi connectivity index (χ0v) is 14.5. The Kier molecular flexibility index (Phi) is 3.80. The van der Waals surface area contributed by atoms with Gasteiger partial charge in [0, 0.05) is 0 Å². The van der Waals surface area contributed by atoms with Crippen molar-refractivity contribution in [1.29, 1.82) is 0 Å². The number of imide groups is 1. The van der Waals surface area contributed by atoms with Crippen LogP contribution in [0.15, 0.2) is 48.7 Å². The molecule has 2 heterocycles. The first-order valence-electron chi connectivity index (χ1n) is 8.15. The number of fused-ring (bicyclic) bond motifs is 1. The van der Waals surface area contributed by atoms with Gasteiger partial charge in [0.25, 0.3) is 11.8 Å². The molecule has 0 radical (unpaired) electrons. The highest BCUT2D eigenvalue weighted by Crippen LogP contribution is 2.23. The second kappa shape index (κ2) is 6.17. The summed E-state index contributed by atoms with van der Waals surface area (Å²) in [5, 5.41) is 8.59. The van der Waals surface area contributed by atoms with E-state index in [2.05, 4.69) is 10.2 Å². The minimum atomic E-state index is -0.944. The highest BCUT2D eigenvalue weighted by atomic mass is 16.7. The van der Waals surface area contributed by atoms with Crippen LogP contribution in [0.4, 0.5) is 0 Å². The van der Waals surface area contributed by atoms with Gasteiger partial charge in [0.2, 0.25) is 0 Å². The van der Waals surface area contributed by atoms with Gasteiger partial charge in [-0.25, -0.2) is 4.79 Å². The van der Waals surface area contributed by atoms with Crippen molar-refractivity contribution in [2.24, 2.45) is 0 Å². The molecule has 0 unspecified atom stereocenters. The summed E-state index contributed by atoms with van der Waals surface area (Å²) >= 11 is 0. The van der Waals surface area contributed by atoms with Crippen molar-refractivity contribution >= 4 is 17.8 Å². The zero-order chi connectivity index (χ0) is 19.1. The van der Waals surface area contributed by atoms with Crippen LogP contribution in [0.5, 0.6) is 0 Å². The molecule has 0 N–H and O–H groups in total. The molecule has 0 saturated heterocycles. The van der Waals surface area contributed by atoms with Crippen LogP contribution in [0.2, 0.25) is 0 Å².